The van der Waals surface area contributed by atoms with Gasteiger partial charge >= 0.3 is 0 Å². The maximum atomic E-state index is 12.7. The molecule has 2 amide bonds. The number of likely N-dealkylation sites (N-methyl/N-ethyl adjacent to an activating group) is 1. The van der Waals surface area contributed by atoms with Gasteiger partial charge in [0.2, 0.25) is 5.91 Å². The number of nitrogens with one attached hydrogen (secondary N) is 1. The summed E-state index contributed by atoms with van der Waals surface area (Å²) in [5.41, 5.74) is 2.39. The largest absolute Gasteiger partial charge is 0.326 e. The number of carbonyl (C=O) groups excluding carboxylic acids is 2. The minimum atomic E-state index is -0.394. The molecule has 1 saturated heterocycles. The highest BCUT2D eigenvalue weighted by atomic mass is 32.1. The molecule has 0 radical (unpaired) electrons. The van der Waals surface area contributed by atoms with Crippen LogP contribution in [0.1, 0.15) is 19.8 Å². The van der Waals surface area contributed by atoms with E-state index in [0.29, 0.717) is 18.1 Å². The van der Waals surface area contributed by atoms with Gasteiger partial charge in [-0.25, -0.2) is 4.98 Å². The van der Waals surface area contributed by atoms with E-state index < -0.39 is 6.04 Å². The normalized spacial score (nSPS) is 16.2. The summed E-state index contributed by atoms with van der Waals surface area (Å²) in [6.07, 6.45) is 3.63. The number of benzene rings is 1. The van der Waals surface area contributed by atoms with Gasteiger partial charge in [-0.05, 0) is 25.0 Å². The molecule has 0 aliphatic carbocycles. The zero-order chi connectivity index (χ0) is 18.7. The number of aromatic nitrogens is 1. The Hall–Kier alpha value is -2.92. The maximum absolute atomic E-state index is 12.7. The molecule has 1 aromatic heterocycles. The van der Waals surface area contributed by atoms with Gasteiger partial charge in [-0.3, -0.25) is 19.4 Å². The summed E-state index contributed by atoms with van der Waals surface area (Å²) in [6.45, 7) is 2.09. The van der Waals surface area contributed by atoms with Gasteiger partial charge in [-0.15, -0.1) is 11.3 Å². The molecule has 2 heterocycles. The van der Waals surface area contributed by atoms with Gasteiger partial charge in [0.05, 0.1) is 5.69 Å². The standard InChI is InChI=1S/C18H19N5O2S/c1-12(24)20-14-7-5-13(6-8-14)15-10-26-18(21-15)22(2)17(25)16-4-3-9-23(16)11-19/h5-8,10,16H,3-4,9H2,1-2H3,(H,20,24). The SMILES string of the molecule is CC(=O)Nc1ccc(-c2csc(N(C)C(=O)C3CCCN3C#N)n2)cc1. The summed E-state index contributed by atoms with van der Waals surface area (Å²) in [4.78, 5) is 31.4. The number of likely N-dealkylation sites (tertiary alicyclic amines) is 1. The molecule has 1 unspecified atom stereocenters. The number of carbonyl (C=O) groups is 2. The van der Waals surface area contributed by atoms with E-state index >= 15 is 0 Å². The highest BCUT2D eigenvalue weighted by molar-refractivity contribution is 7.14. The first-order valence-corrected chi connectivity index (χ1v) is 9.15. The first kappa shape index (κ1) is 17.9. The third-order valence-electron chi connectivity index (χ3n) is 4.28. The lowest BCUT2D eigenvalue weighted by atomic mass is 10.1. The van der Waals surface area contributed by atoms with Crippen LogP contribution in [-0.2, 0) is 9.59 Å². The highest BCUT2D eigenvalue weighted by Crippen LogP contribution is 2.29. The van der Waals surface area contributed by atoms with Crippen molar-refractivity contribution in [2.24, 2.45) is 0 Å². The first-order chi connectivity index (χ1) is 12.5. The molecule has 7 nitrogen and oxygen atoms in total. The summed E-state index contributed by atoms with van der Waals surface area (Å²) in [7, 11) is 1.69. The smallest absolute Gasteiger partial charge is 0.251 e. The predicted octanol–water partition coefficient (Wildman–Crippen LogP) is 2.68. The van der Waals surface area contributed by atoms with Crippen LogP contribution in [0.25, 0.3) is 11.3 Å². The van der Waals surface area contributed by atoms with E-state index in [2.05, 4.69) is 16.5 Å². The lowest BCUT2D eigenvalue weighted by molar-refractivity contribution is -0.121. The molecule has 1 N–H and O–H groups in total. The molecule has 8 heteroatoms. The third kappa shape index (κ3) is 3.68. The molecule has 1 aliphatic rings. The topological polar surface area (TPSA) is 89.3 Å². The fraction of sp³-hybridized carbons (Fsp3) is 0.333. The van der Waals surface area contributed by atoms with Gasteiger partial charge in [0.1, 0.15) is 6.04 Å². The molecule has 26 heavy (non-hydrogen) atoms. The molecule has 1 aromatic carbocycles. The van der Waals surface area contributed by atoms with Crippen molar-refractivity contribution in [3.05, 3.63) is 29.6 Å². The Morgan fingerprint density at radius 2 is 2.12 bits per heavy atom. The van der Waals surface area contributed by atoms with Crippen molar-refractivity contribution in [3.8, 4) is 17.5 Å². The third-order valence-corrected chi connectivity index (χ3v) is 5.19. The lowest BCUT2D eigenvalue weighted by Gasteiger charge is -2.22. The second-order valence-corrected chi connectivity index (χ2v) is 6.96. The molecule has 134 valence electrons. The van der Waals surface area contributed by atoms with Crippen molar-refractivity contribution >= 4 is 34.0 Å². The van der Waals surface area contributed by atoms with Crippen molar-refractivity contribution in [2.75, 3.05) is 23.8 Å². The highest BCUT2D eigenvalue weighted by Gasteiger charge is 2.33. The molecule has 2 aromatic rings. The van der Waals surface area contributed by atoms with Crippen LogP contribution in [0.3, 0.4) is 0 Å². The van der Waals surface area contributed by atoms with E-state index in [-0.39, 0.29) is 11.8 Å². The van der Waals surface area contributed by atoms with E-state index in [1.54, 1.807) is 7.05 Å². The Balaban J connectivity index is 1.74. The van der Waals surface area contributed by atoms with Crippen LogP contribution in [-0.4, -0.2) is 41.3 Å². The van der Waals surface area contributed by atoms with Gasteiger partial charge in [0.15, 0.2) is 11.3 Å². The minimum absolute atomic E-state index is 0.106. The molecule has 0 bridgehead atoms. The van der Waals surface area contributed by atoms with Crippen molar-refractivity contribution in [2.45, 2.75) is 25.8 Å². The summed E-state index contributed by atoms with van der Waals surface area (Å²) < 4.78 is 0. The molecular formula is C18H19N5O2S. The Bertz CT molecular complexity index is 855. The molecule has 1 fully saturated rings. The number of hydrogen-bond acceptors (Lipinski definition) is 6. The Morgan fingerprint density at radius 3 is 2.77 bits per heavy atom. The van der Waals surface area contributed by atoms with Crippen LogP contribution in [0, 0.1) is 11.5 Å². The Kier molecular flexibility index (Phi) is 5.19. The van der Waals surface area contributed by atoms with E-state index in [0.717, 1.165) is 23.4 Å². The van der Waals surface area contributed by atoms with E-state index in [1.165, 1.54) is 28.1 Å². The fourth-order valence-electron chi connectivity index (χ4n) is 2.94. The van der Waals surface area contributed by atoms with Crippen molar-refractivity contribution in [1.29, 1.82) is 5.26 Å². The number of hydrogen-bond donors (Lipinski definition) is 1. The Morgan fingerprint density at radius 1 is 1.38 bits per heavy atom. The minimum Gasteiger partial charge on any atom is -0.326 e. The average molecular weight is 369 g/mol. The van der Waals surface area contributed by atoms with Crippen molar-refractivity contribution in [1.82, 2.24) is 9.88 Å². The number of anilines is 2. The van der Waals surface area contributed by atoms with Crippen LogP contribution in [0.5, 0.6) is 0 Å². The van der Waals surface area contributed by atoms with Crippen LogP contribution in [0.2, 0.25) is 0 Å². The van der Waals surface area contributed by atoms with Crippen LogP contribution in [0.15, 0.2) is 29.6 Å². The molecule has 1 atom stereocenters. The molecular weight excluding hydrogens is 350 g/mol. The summed E-state index contributed by atoms with van der Waals surface area (Å²) in [5.74, 6) is -0.224. The molecule has 3 rings (SSSR count). The number of thiazole rings is 1. The zero-order valence-electron chi connectivity index (χ0n) is 14.6. The predicted molar refractivity (Wildman–Crippen MR) is 101 cm³/mol. The lowest BCUT2D eigenvalue weighted by Crippen LogP contribution is -2.42. The van der Waals surface area contributed by atoms with Crippen molar-refractivity contribution in [3.63, 3.8) is 0 Å². The van der Waals surface area contributed by atoms with Gasteiger partial charge in [-0.1, -0.05) is 12.1 Å². The maximum Gasteiger partial charge on any atom is 0.251 e. The summed E-state index contributed by atoms with van der Waals surface area (Å²) in [5, 5.41) is 14.3. The first-order valence-electron chi connectivity index (χ1n) is 8.27. The number of nitrogens with zero attached hydrogens (tertiary/aromatic N) is 4. The number of amides is 2. The van der Waals surface area contributed by atoms with E-state index in [1.807, 2.05) is 29.6 Å². The molecule has 0 saturated carbocycles. The monoisotopic (exact) mass is 369 g/mol. The van der Waals surface area contributed by atoms with E-state index in [4.69, 9.17) is 5.26 Å². The van der Waals surface area contributed by atoms with Crippen LogP contribution in [0.4, 0.5) is 10.8 Å². The van der Waals surface area contributed by atoms with Crippen LogP contribution < -0.4 is 10.2 Å². The second-order valence-electron chi connectivity index (χ2n) is 6.12. The van der Waals surface area contributed by atoms with Crippen LogP contribution >= 0.6 is 11.3 Å². The summed E-state index contributed by atoms with van der Waals surface area (Å²) >= 11 is 1.39. The second kappa shape index (κ2) is 7.54. The van der Waals surface area contributed by atoms with Gasteiger partial charge < -0.3 is 5.32 Å². The number of rotatable bonds is 4. The zero-order valence-corrected chi connectivity index (χ0v) is 15.4. The van der Waals surface area contributed by atoms with Crippen molar-refractivity contribution < 1.29 is 9.59 Å². The van der Waals surface area contributed by atoms with Gasteiger partial charge in [0.25, 0.3) is 5.91 Å². The Labute approximate surface area is 155 Å². The van der Waals surface area contributed by atoms with Gasteiger partial charge in [-0.2, -0.15) is 5.26 Å². The van der Waals surface area contributed by atoms with E-state index in [9.17, 15) is 9.59 Å². The quantitative estimate of drug-likeness (QED) is 0.837. The number of nitriles is 1. The fourth-order valence-corrected chi connectivity index (χ4v) is 3.74. The summed E-state index contributed by atoms with van der Waals surface area (Å²) in [6, 6.07) is 6.98. The van der Waals surface area contributed by atoms with Gasteiger partial charge in [0, 0.05) is 37.1 Å². The average Bonchev–Trinajstić information content (AvgIpc) is 3.30. The molecule has 1 aliphatic heterocycles. The molecule has 0 spiro atoms.